The van der Waals surface area contributed by atoms with Crippen LogP contribution in [0.25, 0.3) is 0 Å². The van der Waals surface area contributed by atoms with Gasteiger partial charge in [0.2, 0.25) is 10.0 Å². The Balaban J connectivity index is 1.51. The lowest BCUT2D eigenvalue weighted by atomic mass is 10.0. The van der Waals surface area contributed by atoms with Crippen molar-refractivity contribution in [2.45, 2.75) is 44.2 Å². The minimum absolute atomic E-state index is 0.160. The minimum atomic E-state index is -3.80. The lowest BCUT2D eigenvalue weighted by Gasteiger charge is -2.33. The molecule has 178 valence electrons. The molecule has 0 radical (unpaired) electrons. The largest absolute Gasteiger partial charge is 0.489 e. The third kappa shape index (κ3) is 6.18. The number of hydrogen-bond acceptors (Lipinski definition) is 5. The molecular weight excluding hydrogens is 490 g/mol. The van der Waals surface area contributed by atoms with Crippen LogP contribution in [0.4, 0.5) is 4.39 Å². The summed E-state index contributed by atoms with van der Waals surface area (Å²) in [6.45, 7) is 2.09. The molecule has 2 aromatic rings. The van der Waals surface area contributed by atoms with Gasteiger partial charge in [-0.3, -0.25) is 9.69 Å². The van der Waals surface area contributed by atoms with Gasteiger partial charge in [-0.1, -0.05) is 29.3 Å². The van der Waals surface area contributed by atoms with Crippen molar-refractivity contribution in [3.8, 4) is 5.75 Å². The van der Waals surface area contributed by atoms with E-state index < -0.39 is 21.7 Å². The standard InChI is InChI=1S/C23H25Cl2FN2O4S/c1-33(30,31)27-23(29)17-10-16(14-7-8-14)22(11-21(17)26)32-15-4-3-9-28(12-15)13-18-19(24)5-2-6-20(18)25/h2,5-6,10-11,14-15H,3-4,7-9,12-13H2,1H3,(H,27,29)/t15-/m1/s1. The molecule has 2 aliphatic rings. The van der Waals surface area contributed by atoms with Crippen LogP contribution in [0.5, 0.6) is 5.75 Å². The van der Waals surface area contributed by atoms with Gasteiger partial charge in [0.05, 0.1) is 11.8 Å². The summed E-state index contributed by atoms with van der Waals surface area (Å²) < 4.78 is 45.6. The molecule has 1 atom stereocenters. The van der Waals surface area contributed by atoms with Gasteiger partial charge in [-0.05, 0) is 61.9 Å². The molecule has 1 amide bonds. The monoisotopic (exact) mass is 514 g/mol. The number of halogens is 3. The number of hydrogen-bond donors (Lipinski definition) is 1. The summed E-state index contributed by atoms with van der Waals surface area (Å²) in [5.41, 5.74) is 1.31. The molecule has 1 N–H and O–H groups in total. The number of piperidine rings is 1. The number of nitrogens with one attached hydrogen (secondary N) is 1. The highest BCUT2D eigenvalue weighted by molar-refractivity contribution is 7.89. The second-order valence-electron chi connectivity index (χ2n) is 8.66. The van der Waals surface area contributed by atoms with Crippen molar-refractivity contribution in [2.75, 3.05) is 19.3 Å². The van der Waals surface area contributed by atoms with Gasteiger partial charge < -0.3 is 4.74 Å². The molecule has 1 saturated heterocycles. The third-order valence-electron chi connectivity index (χ3n) is 5.84. The highest BCUT2D eigenvalue weighted by atomic mass is 35.5. The van der Waals surface area contributed by atoms with E-state index in [0.717, 1.165) is 49.6 Å². The maximum Gasteiger partial charge on any atom is 0.267 e. The fourth-order valence-electron chi connectivity index (χ4n) is 4.12. The van der Waals surface area contributed by atoms with Crippen molar-refractivity contribution >= 4 is 39.1 Å². The fourth-order valence-corrected chi connectivity index (χ4v) is 5.09. The molecule has 0 spiro atoms. The van der Waals surface area contributed by atoms with E-state index in [2.05, 4.69) is 4.90 Å². The average Bonchev–Trinajstić information content (AvgIpc) is 3.55. The van der Waals surface area contributed by atoms with Gasteiger partial charge in [0.1, 0.15) is 17.7 Å². The Morgan fingerprint density at radius 3 is 2.55 bits per heavy atom. The molecule has 6 nitrogen and oxygen atoms in total. The molecule has 10 heteroatoms. The smallest absolute Gasteiger partial charge is 0.267 e. The molecule has 2 fully saturated rings. The Kier molecular flexibility index (Phi) is 7.19. The summed E-state index contributed by atoms with van der Waals surface area (Å²) in [6, 6.07) is 8.06. The summed E-state index contributed by atoms with van der Waals surface area (Å²) in [7, 11) is -3.80. The normalized spacial score (nSPS) is 19.3. The van der Waals surface area contributed by atoms with Crippen molar-refractivity contribution in [2.24, 2.45) is 0 Å². The van der Waals surface area contributed by atoms with E-state index in [-0.39, 0.29) is 17.6 Å². The van der Waals surface area contributed by atoms with Crippen molar-refractivity contribution in [3.05, 3.63) is 62.9 Å². The number of sulfonamides is 1. The molecule has 0 bridgehead atoms. The van der Waals surface area contributed by atoms with Crippen LogP contribution in [-0.4, -0.2) is 44.7 Å². The van der Waals surface area contributed by atoms with Gasteiger partial charge in [0.25, 0.3) is 5.91 Å². The lowest BCUT2D eigenvalue weighted by Crippen LogP contribution is -2.40. The molecule has 33 heavy (non-hydrogen) atoms. The van der Waals surface area contributed by atoms with Crippen molar-refractivity contribution in [3.63, 3.8) is 0 Å². The third-order valence-corrected chi connectivity index (χ3v) is 7.10. The number of carbonyl (C=O) groups excluding carboxylic acids is 1. The minimum Gasteiger partial charge on any atom is -0.489 e. The quantitative estimate of drug-likeness (QED) is 0.577. The van der Waals surface area contributed by atoms with Crippen LogP contribution >= 0.6 is 23.2 Å². The van der Waals surface area contributed by atoms with E-state index in [9.17, 15) is 17.6 Å². The van der Waals surface area contributed by atoms with Gasteiger partial charge in [-0.2, -0.15) is 0 Å². The topological polar surface area (TPSA) is 75.7 Å². The van der Waals surface area contributed by atoms with E-state index >= 15 is 0 Å². The lowest BCUT2D eigenvalue weighted by molar-refractivity contribution is 0.0833. The van der Waals surface area contributed by atoms with Crippen LogP contribution in [0.3, 0.4) is 0 Å². The number of rotatable bonds is 7. The number of carbonyl (C=O) groups is 1. The molecule has 1 heterocycles. The van der Waals surface area contributed by atoms with Gasteiger partial charge >= 0.3 is 0 Å². The summed E-state index contributed by atoms with van der Waals surface area (Å²) >= 11 is 12.6. The predicted octanol–water partition coefficient (Wildman–Crippen LogP) is 4.74. The highest BCUT2D eigenvalue weighted by Crippen LogP contribution is 2.45. The van der Waals surface area contributed by atoms with E-state index in [1.165, 1.54) is 12.1 Å². The molecule has 4 rings (SSSR count). The molecule has 1 saturated carbocycles. The zero-order valence-electron chi connectivity index (χ0n) is 18.1. The second-order valence-corrected chi connectivity index (χ2v) is 11.2. The zero-order valence-corrected chi connectivity index (χ0v) is 20.4. The Bertz CT molecular complexity index is 1150. The Morgan fingerprint density at radius 1 is 1.21 bits per heavy atom. The number of likely N-dealkylation sites (tertiary alicyclic amines) is 1. The number of ether oxygens (including phenoxy) is 1. The van der Waals surface area contributed by atoms with Crippen LogP contribution < -0.4 is 9.46 Å². The first kappa shape index (κ1) is 24.3. The zero-order chi connectivity index (χ0) is 23.8. The van der Waals surface area contributed by atoms with Gasteiger partial charge in [-0.15, -0.1) is 0 Å². The van der Waals surface area contributed by atoms with Crippen LogP contribution in [-0.2, 0) is 16.6 Å². The van der Waals surface area contributed by atoms with Crippen molar-refractivity contribution in [1.29, 1.82) is 0 Å². The van der Waals surface area contributed by atoms with Gasteiger partial charge in [0, 0.05) is 34.8 Å². The van der Waals surface area contributed by atoms with E-state index in [4.69, 9.17) is 27.9 Å². The number of nitrogens with zero attached hydrogens (tertiary/aromatic N) is 1. The summed E-state index contributed by atoms with van der Waals surface area (Å²) in [4.78, 5) is 14.5. The van der Waals surface area contributed by atoms with Crippen LogP contribution in [0.15, 0.2) is 30.3 Å². The van der Waals surface area contributed by atoms with E-state index in [1.54, 1.807) is 0 Å². The fraction of sp³-hybridized carbons (Fsp3) is 0.435. The average molecular weight is 515 g/mol. The van der Waals surface area contributed by atoms with Crippen molar-refractivity contribution in [1.82, 2.24) is 9.62 Å². The molecule has 1 aliphatic carbocycles. The summed E-state index contributed by atoms with van der Waals surface area (Å²) in [6.07, 6.45) is 4.24. The van der Waals surface area contributed by atoms with Gasteiger partial charge in [-0.25, -0.2) is 17.5 Å². The Morgan fingerprint density at radius 2 is 1.91 bits per heavy atom. The SMILES string of the molecule is CS(=O)(=O)NC(=O)c1cc(C2CC2)c(O[C@@H]2CCCN(Cc3c(Cl)cccc3Cl)C2)cc1F. The number of amides is 1. The molecule has 2 aromatic carbocycles. The summed E-state index contributed by atoms with van der Waals surface area (Å²) in [5.74, 6) is -1.21. The first-order valence-corrected chi connectivity index (χ1v) is 13.4. The van der Waals surface area contributed by atoms with E-state index in [1.807, 2.05) is 22.9 Å². The van der Waals surface area contributed by atoms with E-state index in [0.29, 0.717) is 28.9 Å². The molecule has 1 aliphatic heterocycles. The highest BCUT2D eigenvalue weighted by Gasteiger charge is 2.31. The molecular formula is C23H25Cl2FN2O4S. The maximum absolute atomic E-state index is 14.8. The van der Waals surface area contributed by atoms with Crippen LogP contribution in [0, 0.1) is 5.82 Å². The first-order valence-electron chi connectivity index (χ1n) is 10.8. The molecule has 0 aromatic heterocycles. The van der Waals surface area contributed by atoms with Gasteiger partial charge in [0.15, 0.2) is 0 Å². The van der Waals surface area contributed by atoms with Crippen LogP contribution in [0.1, 0.15) is 53.1 Å². The summed E-state index contributed by atoms with van der Waals surface area (Å²) in [5, 5.41) is 1.23. The second kappa shape index (κ2) is 9.78. The number of benzene rings is 2. The Labute approximate surface area is 203 Å². The predicted molar refractivity (Wildman–Crippen MR) is 126 cm³/mol. The Hall–Kier alpha value is -1.87. The van der Waals surface area contributed by atoms with Crippen LogP contribution in [0.2, 0.25) is 10.0 Å². The molecule has 0 unspecified atom stereocenters. The maximum atomic E-state index is 14.8. The van der Waals surface area contributed by atoms with Crippen molar-refractivity contribution < 1.29 is 22.3 Å². The first-order chi connectivity index (χ1) is 15.6.